The first-order chi connectivity index (χ1) is 7.66. The van der Waals surface area contributed by atoms with Crippen LogP contribution in [0.15, 0.2) is 35.1 Å². The highest BCUT2D eigenvalue weighted by atomic mass is 35.5. The number of furan rings is 1. The van der Waals surface area contributed by atoms with Crippen LogP contribution in [0.2, 0.25) is 10.2 Å². The Bertz CT molecular complexity index is 508. The summed E-state index contributed by atoms with van der Waals surface area (Å²) in [6, 6.07) is 4.70. The zero-order valence-electron chi connectivity index (χ0n) is 7.91. The topological polar surface area (TPSA) is 55.1 Å². The molecule has 0 aromatic carbocycles. The lowest BCUT2D eigenvalue weighted by molar-refractivity contribution is 0.102. The van der Waals surface area contributed by atoms with Crippen molar-refractivity contribution < 1.29 is 9.21 Å². The lowest BCUT2D eigenvalue weighted by atomic mass is 10.3. The smallest absolute Gasteiger partial charge is 0.261 e. The number of rotatable bonds is 2. The molecule has 0 radical (unpaired) electrons. The van der Waals surface area contributed by atoms with Crippen LogP contribution in [0, 0.1) is 0 Å². The van der Waals surface area contributed by atoms with E-state index in [2.05, 4.69) is 10.3 Å². The largest absolute Gasteiger partial charge is 0.452 e. The van der Waals surface area contributed by atoms with Gasteiger partial charge in [-0.25, -0.2) is 4.98 Å². The molecule has 1 amide bonds. The number of halogens is 2. The Morgan fingerprint density at radius 2 is 2.12 bits per heavy atom. The van der Waals surface area contributed by atoms with E-state index in [1.807, 2.05) is 0 Å². The van der Waals surface area contributed by atoms with Gasteiger partial charge in [0.25, 0.3) is 5.91 Å². The predicted molar refractivity (Wildman–Crippen MR) is 60.9 cm³/mol. The Hall–Kier alpha value is -1.52. The first-order valence-electron chi connectivity index (χ1n) is 4.33. The average molecular weight is 257 g/mol. The molecule has 2 aromatic rings. The maximum Gasteiger partial charge on any atom is 0.261 e. The molecule has 1 N–H and O–H groups in total. The van der Waals surface area contributed by atoms with E-state index in [-0.39, 0.29) is 16.7 Å². The molecule has 0 spiro atoms. The molecule has 2 heterocycles. The summed E-state index contributed by atoms with van der Waals surface area (Å²) >= 11 is 11.3. The Labute approximate surface area is 101 Å². The van der Waals surface area contributed by atoms with Gasteiger partial charge >= 0.3 is 0 Å². The molecule has 2 rings (SSSR count). The van der Waals surface area contributed by atoms with Gasteiger partial charge in [0, 0.05) is 6.20 Å². The minimum atomic E-state index is -0.381. The molecule has 16 heavy (non-hydrogen) atoms. The summed E-state index contributed by atoms with van der Waals surface area (Å²) in [5.74, 6) is 0.0141. The van der Waals surface area contributed by atoms with Crippen LogP contribution >= 0.6 is 23.2 Å². The van der Waals surface area contributed by atoms with Crippen LogP contribution in [0.5, 0.6) is 0 Å². The predicted octanol–water partition coefficient (Wildman–Crippen LogP) is 3.23. The zero-order chi connectivity index (χ0) is 11.5. The van der Waals surface area contributed by atoms with Crippen molar-refractivity contribution in [3.63, 3.8) is 0 Å². The van der Waals surface area contributed by atoms with E-state index in [1.54, 1.807) is 12.1 Å². The van der Waals surface area contributed by atoms with Gasteiger partial charge in [-0.3, -0.25) is 4.79 Å². The number of nitrogens with one attached hydrogen (secondary N) is 1. The van der Waals surface area contributed by atoms with Gasteiger partial charge in [0.15, 0.2) is 0 Å². The summed E-state index contributed by atoms with van der Waals surface area (Å²) in [4.78, 5) is 15.6. The van der Waals surface area contributed by atoms with Crippen molar-refractivity contribution in [1.29, 1.82) is 0 Å². The number of pyridine rings is 1. The van der Waals surface area contributed by atoms with E-state index < -0.39 is 0 Å². The SMILES string of the molecule is O=C(Nc1ccc(Cl)cn1)c1ccoc1Cl. The molecule has 4 nitrogen and oxygen atoms in total. The molecule has 0 unspecified atom stereocenters. The highest BCUT2D eigenvalue weighted by Gasteiger charge is 2.13. The summed E-state index contributed by atoms with van der Waals surface area (Å²) in [5, 5.41) is 3.11. The highest BCUT2D eigenvalue weighted by Crippen LogP contribution is 2.18. The van der Waals surface area contributed by atoms with E-state index in [4.69, 9.17) is 27.6 Å². The minimum absolute atomic E-state index is 0.0477. The lowest BCUT2D eigenvalue weighted by Gasteiger charge is -2.02. The fourth-order valence-corrected chi connectivity index (χ4v) is 1.40. The van der Waals surface area contributed by atoms with Crippen molar-refractivity contribution in [2.75, 3.05) is 5.32 Å². The number of nitrogens with zero attached hydrogens (tertiary/aromatic N) is 1. The van der Waals surface area contributed by atoms with E-state index >= 15 is 0 Å². The number of carbonyl (C=O) groups is 1. The summed E-state index contributed by atoms with van der Waals surface area (Å²) in [6.45, 7) is 0. The van der Waals surface area contributed by atoms with Crippen molar-refractivity contribution in [1.82, 2.24) is 4.98 Å². The molecule has 6 heteroatoms. The summed E-state index contributed by atoms with van der Waals surface area (Å²) in [5.41, 5.74) is 0.262. The molecule has 2 aromatic heterocycles. The molecule has 0 aliphatic heterocycles. The van der Waals surface area contributed by atoms with Gasteiger partial charge in [-0.2, -0.15) is 0 Å². The maximum atomic E-state index is 11.7. The van der Waals surface area contributed by atoms with Crippen molar-refractivity contribution in [2.24, 2.45) is 0 Å². The van der Waals surface area contributed by atoms with Gasteiger partial charge in [0.1, 0.15) is 5.82 Å². The number of hydrogen-bond donors (Lipinski definition) is 1. The summed E-state index contributed by atoms with van der Waals surface area (Å²) in [6.07, 6.45) is 2.78. The van der Waals surface area contributed by atoms with Crippen LogP contribution in [-0.2, 0) is 0 Å². The highest BCUT2D eigenvalue weighted by molar-refractivity contribution is 6.32. The molecular weight excluding hydrogens is 251 g/mol. The molecule has 0 aliphatic rings. The van der Waals surface area contributed by atoms with Crippen molar-refractivity contribution in [2.45, 2.75) is 0 Å². The average Bonchev–Trinajstić information content (AvgIpc) is 2.68. The third-order valence-corrected chi connectivity index (χ3v) is 2.35. The van der Waals surface area contributed by atoms with Crippen LogP contribution in [0.1, 0.15) is 10.4 Å². The Kier molecular flexibility index (Phi) is 3.12. The third-order valence-electron chi connectivity index (χ3n) is 1.83. The van der Waals surface area contributed by atoms with Crippen LogP contribution in [-0.4, -0.2) is 10.9 Å². The second-order valence-electron chi connectivity index (χ2n) is 2.92. The Morgan fingerprint density at radius 1 is 1.31 bits per heavy atom. The van der Waals surface area contributed by atoms with E-state index in [0.29, 0.717) is 10.8 Å². The third kappa shape index (κ3) is 2.35. The van der Waals surface area contributed by atoms with Crippen LogP contribution in [0.3, 0.4) is 0 Å². The van der Waals surface area contributed by atoms with Gasteiger partial charge in [-0.05, 0) is 29.8 Å². The minimum Gasteiger partial charge on any atom is -0.452 e. The second kappa shape index (κ2) is 4.55. The van der Waals surface area contributed by atoms with Gasteiger partial charge in [-0.15, -0.1) is 0 Å². The summed E-state index contributed by atoms with van der Waals surface area (Å²) < 4.78 is 4.81. The van der Waals surface area contributed by atoms with Gasteiger partial charge in [-0.1, -0.05) is 11.6 Å². The van der Waals surface area contributed by atoms with E-state index in [1.165, 1.54) is 18.5 Å². The Balaban J connectivity index is 2.14. The summed E-state index contributed by atoms with van der Waals surface area (Å²) in [7, 11) is 0. The molecular formula is C10H6Cl2N2O2. The first-order valence-corrected chi connectivity index (χ1v) is 5.08. The van der Waals surface area contributed by atoms with Gasteiger partial charge < -0.3 is 9.73 Å². The number of hydrogen-bond acceptors (Lipinski definition) is 3. The first kappa shape index (κ1) is 11.0. The molecule has 0 saturated heterocycles. The van der Waals surface area contributed by atoms with Crippen molar-refractivity contribution in [3.8, 4) is 0 Å². The van der Waals surface area contributed by atoms with Gasteiger partial charge in [0.05, 0.1) is 16.8 Å². The number of amides is 1. The quantitative estimate of drug-likeness (QED) is 0.898. The second-order valence-corrected chi connectivity index (χ2v) is 3.70. The standard InChI is InChI=1S/C10H6Cl2N2O2/c11-6-1-2-8(13-5-6)14-10(15)7-3-4-16-9(7)12/h1-5H,(H,13,14,15). The van der Waals surface area contributed by atoms with E-state index in [9.17, 15) is 4.79 Å². The fraction of sp³-hybridized carbons (Fsp3) is 0. The molecule has 0 atom stereocenters. The monoisotopic (exact) mass is 256 g/mol. The van der Waals surface area contributed by atoms with Gasteiger partial charge in [0.2, 0.25) is 5.22 Å². The maximum absolute atomic E-state index is 11.7. The van der Waals surface area contributed by atoms with Crippen LogP contribution in [0.4, 0.5) is 5.82 Å². The molecule has 0 fully saturated rings. The zero-order valence-corrected chi connectivity index (χ0v) is 9.42. The van der Waals surface area contributed by atoms with Crippen LogP contribution < -0.4 is 5.32 Å². The van der Waals surface area contributed by atoms with Crippen molar-refractivity contribution >= 4 is 34.9 Å². The molecule has 0 saturated carbocycles. The normalized spacial score (nSPS) is 10.1. The molecule has 0 aliphatic carbocycles. The van der Waals surface area contributed by atoms with E-state index in [0.717, 1.165) is 0 Å². The Morgan fingerprint density at radius 3 is 2.69 bits per heavy atom. The van der Waals surface area contributed by atoms with Crippen molar-refractivity contribution in [3.05, 3.63) is 46.5 Å². The fourth-order valence-electron chi connectivity index (χ4n) is 1.09. The number of carbonyl (C=O) groups excluding carboxylic acids is 1. The number of anilines is 1. The molecule has 0 bridgehead atoms. The van der Waals surface area contributed by atoms with Crippen LogP contribution in [0.25, 0.3) is 0 Å². The number of aromatic nitrogens is 1. The molecule has 82 valence electrons. The lowest BCUT2D eigenvalue weighted by Crippen LogP contribution is -2.12.